The Balaban J connectivity index is 0.991. The van der Waals surface area contributed by atoms with Crippen LogP contribution < -0.4 is 0 Å². The van der Waals surface area contributed by atoms with Crippen LogP contribution in [0.3, 0.4) is 0 Å². The second-order valence-electron chi connectivity index (χ2n) is 15.4. The average molecular weight is 765 g/mol. The van der Waals surface area contributed by atoms with Gasteiger partial charge in [-0.25, -0.2) is 9.97 Å². The van der Waals surface area contributed by atoms with Crippen LogP contribution in [0.4, 0.5) is 0 Å². The summed E-state index contributed by atoms with van der Waals surface area (Å²) in [5, 5.41) is 5.87. The summed E-state index contributed by atoms with van der Waals surface area (Å²) in [5.74, 6) is 0.915. The molecule has 4 heteroatoms. The van der Waals surface area contributed by atoms with Crippen LogP contribution in [0.5, 0.6) is 0 Å². The van der Waals surface area contributed by atoms with E-state index in [1.54, 1.807) is 0 Å². The number of aromatic nitrogens is 4. The molecule has 0 atom stereocenters. The van der Waals surface area contributed by atoms with Crippen LogP contribution in [-0.2, 0) is 0 Å². The molecule has 4 nitrogen and oxygen atoms in total. The molecule has 0 bridgehead atoms. The smallest absolute Gasteiger partial charge is 0.145 e. The molecule has 0 saturated heterocycles. The summed E-state index contributed by atoms with van der Waals surface area (Å²) in [6.07, 6.45) is 0. The van der Waals surface area contributed by atoms with Crippen molar-refractivity contribution in [2.24, 2.45) is 0 Å². The van der Waals surface area contributed by atoms with Gasteiger partial charge in [0, 0.05) is 44.0 Å². The quantitative estimate of drug-likeness (QED) is 0.158. The molecule has 3 heterocycles. The lowest BCUT2D eigenvalue weighted by atomic mass is 9.98. The van der Waals surface area contributed by atoms with Gasteiger partial charge in [0.15, 0.2) is 0 Å². The van der Waals surface area contributed by atoms with Crippen molar-refractivity contribution in [2.45, 2.75) is 0 Å². The van der Waals surface area contributed by atoms with Crippen molar-refractivity contribution in [2.75, 3.05) is 0 Å². The molecular formula is C56H36N4. The lowest BCUT2D eigenvalue weighted by Gasteiger charge is -2.12. The van der Waals surface area contributed by atoms with Crippen molar-refractivity contribution in [3.8, 4) is 56.3 Å². The van der Waals surface area contributed by atoms with Crippen LogP contribution in [0.1, 0.15) is 0 Å². The minimum Gasteiger partial charge on any atom is -0.309 e. The third-order valence-electron chi connectivity index (χ3n) is 11.9. The maximum absolute atomic E-state index is 5.35. The summed E-state index contributed by atoms with van der Waals surface area (Å²) < 4.78 is 4.68. The summed E-state index contributed by atoms with van der Waals surface area (Å²) in [5.41, 5.74) is 15.4. The highest BCUT2D eigenvalue weighted by molar-refractivity contribution is 6.19. The molecule has 0 saturated carbocycles. The molecule has 0 radical (unpaired) electrons. The maximum atomic E-state index is 5.35. The highest BCUT2D eigenvalue weighted by Crippen LogP contribution is 2.40. The normalized spacial score (nSPS) is 11.7. The highest BCUT2D eigenvalue weighted by atomic mass is 15.1. The predicted molar refractivity (Wildman–Crippen MR) is 250 cm³/mol. The number of benzene rings is 9. The third kappa shape index (κ3) is 5.53. The SMILES string of the molecule is c1ccc(-c2ccc(-n3c(-c4ccc(-c5ccc6c7cc8nc(-c9ccccc9)c9ccccc9c8cc7n(-c7ccccc7)c6c5)cc4)nc4ccccc43)cc2)cc1. The Morgan fingerprint density at radius 3 is 1.58 bits per heavy atom. The van der Waals surface area contributed by atoms with Gasteiger partial charge in [-0.2, -0.15) is 0 Å². The molecule has 12 rings (SSSR count). The van der Waals surface area contributed by atoms with Gasteiger partial charge in [-0.15, -0.1) is 0 Å². The summed E-state index contributed by atoms with van der Waals surface area (Å²) in [7, 11) is 0. The van der Waals surface area contributed by atoms with Crippen molar-refractivity contribution >= 4 is 54.5 Å². The second-order valence-corrected chi connectivity index (χ2v) is 15.4. The van der Waals surface area contributed by atoms with Crippen LogP contribution in [-0.4, -0.2) is 19.1 Å². The number of hydrogen-bond donors (Lipinski definition) is 0. The fraction of sp³-hybridized carbons (Fsp3) is 0. The lowest BCUT2D eigenvalue weighted by molar-refractivity contribution is 1.10. The minimum absolute atomic E-state index is 0.915. The fourth-order valence-electron chi connectivity index (χ4n) is 9.04. The van der Waals surface area contributed by atoms with E-state index in [4.69, 9.17) is 9.97 Å². The molecule has 0 spiro atoms. The topological polar surface area (TPSA) is 35.6 Å². The second kappa shape index (κ2) is 13.8. The van der Waals surface area contributed by atoms with Gasteiger partial charge in [0.2, 0.25) is 0 Å². The maximum Gasteiger partial charge on any atom is 0.145 e. The van der Waals surface area contributed by atoms with Crippen molar-refractivity contribution < 1.29 is 0 Å². The zero-order valence-electron chi connectivity index (χ0n) is 32.6. The Hall–Kier alpha value is -8.08. The van der Waals surface area contributed by atoms with Crippen LogP contribution in [0, 0.1) is 0 Å². The Labute approximate surface area is 346 Å². The molecule has 0 aliphatic heterocycles. The van der Waals surface area contributed by atoms with Gasteiger partial charge in [0.05, 0.1) is 33.3 Å². The lowest BCUT2D eigenvalue weighted by Crippen LogP contribution is -1.97. The molecule has 12 aromatic rings. The van der Waals surface area contributed by atoms with Crippen LogP contribution >= 0.6 is 0 Å². The van der Waals surface area contributed by atoms with E-state index in [0.717, 1.165) is 83.5 Å². The predicted octanol–water partition coefficient (Wildman–Crippen LogP) is 14.5. The van der Waals surface area contributed by atoms with E-state index >= 15 is 0 Å². The number of imidazole rings is 1. The zero-order chi connectivity index (χ0) is 39.6. The molecule has 0 aliphatic carbocycles. The third-order valence-corrected chi connectivity index (χ3v) is 11.9. The number of rotatable bonds is 6. The van der Waals surface area contributed by atoms with E-state index in [2.05, 4.69) is 228 Å². The molecular weight excluding hydrogens is 729 g/mol. The van der Waals surface area contributed by atoms with E-state index in [-0.39, 0.29) is 0 Å². The molecule has 0 fully saturated rings. The van der Waals surface area contributed by atoms with Gasteiger partial charge in [-0.05, 0) is 82.2 Å². The first-order valence-corrected chi connectivity index (χ1v) is 20.4. The Kier molecular flexibility index (Phi) is 7.82. The number of hydrogen-bond acceptors (Lipinski definition) is 2. The fourth-order valence-corrected chi connectivity index (χ4v) is 9.04. The number of para-hydroxylation sites is 3. The molecule has 0 aliphatic rings. The Bertz CT molecular complexity index is 3550. The molecule has 9 aromatic carbocycles. The molecule has 60 heavy (non-hydrogen) atoms. The molecule has 3 aromatic heterocycles. The summed E-state index contributed by atoms with van der Waals surface area (Å²) in [6.45, 7) is 0. The first-order chi connectivity index (χ1) is 29.7. The van der Waals surface area contributed by atoms with Gasteiger partial charge in [-0.1, -0.05) is 164 Å². The van der Waals surface area contributed by atoms with Crippen molar-refractivity contribution in [1.29, 1.82) is 0 Å². The number of fused-ring (bicyclic) bond motifs is 7. The van der Waals surface area contributed by atoms with E-state index in [1.165, 1.54) is 27.3 Å². The number of nitrogens with zero attached hydrogens (tertiary/aromatic N) is 4. The molecule has 0 amide bonds. The van der Waals surface area contributed by atoms with Crippen LogP contribution in [0.15, 0.2) is 218 Å². The first-order valence-electron chi connectivity index (χ1n) is 20.4. The van der Waals surface area contributed by atoms with Crippen LogP contribution in [0.2, 0.25) is 0 Å². The van der Waals surface area contributed by atoms with E-state index in [1.807, 2.05) is 0 Å². The van der Waals surface area contributed by atoms with E-state index in [0.29, 0.717) is 0 Å². The molecule has 280 valence electrons. The van der Waals surface area contributed by atoms with Gasteiger partial charge >= 0.3 is 0 Å². The molecule has 0 unspecified atom stereocenters. The average Bonchev–Trinajstić information content (AvgIpc) is 3.87. The number of pyridine rings is 1. The van der Waals surface area contributed by atoms with Crippen molar-refractivity contribution in [3.63, 3.8) is 0 Å². The largest absolute Gasteiger partial charge is 0.309 e. The van der Waals surface area contributed by atoms with Gasteiger partial charge in [0.1, 0.15) is 5.82 Å². The Morgan fingerprint density at radius 2 is 0.817 bits per heavy atom. The summed E-state index contributed by atoms with van der Waals surface area (Å²) in [6, 6.07) is 77.9. The van der Waals surface area contributed by atoms with Crippen molar-refractivity contribution in [1.82, 2.24) is 19.1 Å². The van der Waals surface area contributed by atoms with Crippen molar-refractivity contribution in [3.05, 3.63) is 218 Å². The highest BCUT2D eigenvalue weighted by Gasteiger charge is 2.19. The van der Waals surface area contributed by atoms with Gasteiger partial charge in [0.25, 0.3) is 0 Å². The summed E-state index contributed by atoms with van der Waals surface area (Å²) >= 11 is 0. The monoisotopic (exact) mass is 764 g/mol. The Morgan fingerprint density at radius 1 is 0.267 bits per heavy atom. The van der Waals surface area contributed by atoms with E-state index in [9.17, 15) is 0 Å². The zero-order valence-corrected chi connectivity index (χ0v) is 32.6. The first kappa shape index (κ1) is 34.0. The molecule has 0 N–H and O–H groups in total. The van der Waals surface area contributed by atoms with E-state index < -0.39 is 0 Å². The van der Waals surface area contributed by atoms with Crippen LogP contribution in [0.25, 0.3) is 111 Å². The summed E-state index contributed by atoms with van der Waals surface area (Å²) in [4.78, 5) is 10.5. The standard InChI is InChI=1S/C56H36N4/c1-4-14-37(15-5-1)38-28-31-44(32-29-38)60-52-23-13-12-22-50(52)58-56(60)41-26-24-39(25-27-41)42-30-33-46-49-35-51-48(36-54(49)59(53(46)34-42)43-18-8-3-9-19-43)45-20-10-11-21-47(45)55(57-51)40-16-6-2-7-17-40/h1-36H. The van der Waals surface area contributed by atoms with Gasteiger partial charge < -0.3 is 4.57 Å². The van der Waals surface area contributed by atoms with Gasteiger partial charge in [-0.3, -0.25) is 4.57 Å². The minimum atomic E-state index is 0.915.